The summed E-state index contributed by atoms with van der Waals surface area (Å²) in [6, 6.07) is 11.7. The molecule has 1 atom stereocenters. The molecule has 2 aromatic carbocycles. The molecule has 1 saturated heterocycles. The van der Waals surface area contributed by atoms with Gasteiger partial charge in [-0.2, -0.15) is 0 Å². The van der Waals surface area contributed by atoms with Crippen molar-refractivity contribution in [3.63, 3.8) is 0 Å². The van der Waals surface area contributed by atoms with Gasteiger partial charge in [-0.15, -0.1) is 0 Å². The largest absolute Gasteiger partial charge is 0.496 e. The lowest BCUT2D eigenvalue weighted by Crippen LogP contribution is -2.40. The predicted octanol–water partition coefficient (Wildman–Crippen LogP) is 4.44. The van der Waals surface area contributed by atoms with Crippen molar-refractivity contribution in [3.05, 3.63) is 64.4 Å². The Hall–Kier alpha value is -2.11. The standard InChI is InChI=1S/C21H24ClFN2O2/c1-27-20-8-4-3-7-17(20)19(25-11-5-2-6-12-25)14-24-21(26)16-10-9-15(23)13-18(16)22/h3-4,7-10,13,19H,2,5-6,11-12,14H2,1H3,(H,24,26). The maximum Gasteiger partial charge on any atom is 0.252 e. The minimum Gasteiger partial charge on any atom is -0.496 e. The van der Waals surface area contributed by atoms with E-state index in [1.807, 2.05) is 24.3 Å². The molecule has 0 aliphatic carbocycles. The highest BCUT2D eigenvalue weighted by Crippen LogP contribution is 2.31. The summed E-state index contributed by atoms with van der Waals surface area (Å²) >= 11 is 6.02. The number of hydrogen-bond acceptors (Lipinski definition) is 3. The highest BCUT2D eigenvalue weighted by atomic mass is 35.5. The summed E-state index contributed by atoms with van der Waals surface area (Å²) in [5.74, 6) is 0.0378. The van der Waals surface area contributed by atoms with E-state index in [9.17, 15) is 9.18 Å². The Bertz CT molecular complexity index is 794. The highest BCUT2D eigenvalue weighted by molar-refractivity contribution is 6.33. The van der Waals surface area contributed by atoms with Gasteiger partial charge in [-0.05, 0) is 50.2 Å². The second kappa shape index (κ2) is 9.20. The molecule has 6 heteroatoms. The van der Waals surface area contributed by atoms with Crippen molar-refractivity contribution in [1.29, 1.82) is 0 Å². The van der Waals surface area contributed by atoms with Gasteiger partial charge in [-0.25, -0.2) is 4.39 Å². The Morgan fingerprint density at radius 1 is 1.22 bits per heavy atom. The second-order valence-corrected chi connectivity index (χ2v) is 7.10. The van der Waals surface area contributed by atoms with Gasteiger partial charge >= 0.3 is 0 Å². The molecule has 27 heavy (non-hydrogen) atoms. The Labute approximate surface area is 164 Å². The van der Waals surface area contributed by atoms with Crippen LogP contribution in [-0.4, -0.2) is 37.6 Å². The summed E-state index contributed by atoms with van der Waals surface area (Å²) in [5.41, 5.74) is 1.32. The Morgan fingerprint density at radius 3 is 2.67 bits per heavy atom. The first-order valence-corrected chi connectivity index (χ1v) is 9.58. The molecular weight excluding hydrogens is 367 g/mol. The minimum atomic E-state index is -0.461. The first kappa shape index (κ1) is 19.6. The van der Waals surface area contributed by atoms with E-state index >= 15 is 0 Å². The van der Waals surface area contributed by atoms with Crippen LogP contribution in [0.2, 0.25) is 5.02 Å². The third kappa shape index (κ3) is 4.79. The third-order valence-corrected chi connectivity index (χ3v) is 5.27. The molecule has 0 spiro atoms. The molecular formula is C21H24ClFN2O2. The molecule has 1 heterocycles. The summed E-state index contributed by atoms with van der Waals surface area (Å²) in [6.45, 7) is 2.39. The highest BCUT2D eigenvalue weighted by Gasteiger charge is 2.25. The van der Waals surface area contributed by atoms with Crippen LogP contribution < -0.4 is 10.1 Å². The third-order valence-electron chi connectivity index (χ3n) is 4.96. The molecule has 0 saturated carbocycles. The molecule has 0 radical (unpaired) electrons. The van der Waals surface area contributed by atoms with E-state index in [1.54, 1.807) is 7.11 Å². The summed E-state index contributed by atoms with van der Waals surface area (Å²) in [7, 11) is 1.66. The van der Waals surface area contributed by atoms with Gasteiger partial charge in [0.2, 0.25) is 0 Å². The van der Waals surface area contributed by atoms with Crippen LogP contribution in [0.15, 0.2) is 42.5 Å². The first-order chi connectivity index (χ1) is 13.1. The Balaban J connectivity index is 1.80. The maximum atomic E-state index is 13.2. The van der Waals surface area contributed by atoms with Gasteiger partial charge in [0, 0.05) is 12.1 Å². The van der Waals surface area contributed by atoms with E-state index in [0.717, 1.165) is 43.3 Å². The zero-order chi connectivity index (χ0) is 19.2. The van der Waals surface area contributed by atoms with Crippen molar-refractivity contribution < 1.29 is 13.9 Å². The summed E-state index contributed by atoms with van der Waals surface area (Å²) in [6.07, 6.45) is 3.51. The van der Waals surface area contributed by atoms with Crippen molar-refractivity contribution in [1.82, 2.24) is 10.2 Å². The fraction of sp³-hybridized carbons (Fsp3) is 0.381. The van der Waals surface area contributed by atoms with Crippen molar-refractivity contribution in [2.75, 3.05) is 26.7 Å². The number of nitrogens with one attached hydrogen (secondary N) is 1. The molecule has 1 N–H and O–H groups in total. The van der Waals surface area contributed by atoms with Gasteiger partial charge in [-0.3, -0.25) is 9.69 Å². The van der Waals surface area contributed by atoms with Gasteiger partial charge < -0.3 is 10.1 Å². The molecule has 4 nitrogen and oxygen atoms in total. The number of piperidine rings is 1. The van der Waals surface area contributed by atoms with E-state index in [0.29, 0.717) is 6.54 Å². The SMILES string of the molecule is COc1ccccc1C(CNC(=O)c1ccc(F)cc1Cl)N1CCCCC1. The first-order valence-electron chi connectivity index (χ1n) is 9.20. The molecule has 1 aliphatic rings. The molecule has 3 rings (SSSR count). The number of amides is 1. The van der Waals surface area contributed by atoms with Crippen molar-refractivity contribution in [2.45, 2.75) is 25.3 Å². The number of hydrogen-bond donors (Lipinski definition) is 1. The van der Waals surface area contributed by atoms with Crippen molar-refractivity contribution >= 4 is 17.5 Å². The van der Waals surface area contributed by atoms with Crippen LogP contribution in [0.5, 0.6) is 5.75 Å². The number of carbonyl (C=O) groups is 1. The van der Waals surface area contributed by atoms with E-state index in [-0.39, 0.29) is 22.5 Å². The second-order valence-electron chi connectivity index (χ2n) is 6.69. The summed E-state index contributed by atoms with van der Waals surface area (Å²) in [4.78, 5) is 15.0. The van der Waals surface area contributed by atoms with Crippen LogP contribution in [0.1, 0.15) is 41.2 Å². The molecule has 1 fully saturated rings. The van der Waals surface area contributed by atoms with Gasteiger partial charge in [0.15, 0.2) is 0 Å². The quantitative estimate of drug-likeness (QED) is 0.792. The van der Waals surface area contributed by atoms with E-state index in [1.165, 1.54) is 18.6 Å². The lowest BCUT2D eigenvalue weighted by molar-refractivity contribution is 0.0923. The molecule has 144 valence electrons. The van der Waals surface area contributed by atoms with Crippen molar-refractivity contribution in [2.24, 2.45) is 0 Å². The summed E-state index contributed by atoms with van der Waals surface area (Å²) in [5, 5.41) is 3.07. The lowest BCUT2D eigenvalue weighted by atomic mass is 10.0. The number of carbonyl (C=O) groups excluding carboxylic acids is 1. The van der Waals surface area contributed by atoms with E-state index < -0.39 is 5.82 Å². The van der Waals surface area contributed by atoms with E-state index in [2.05, 4.69) is 10.2 Å². The topological polar surface area (TPSA) is 41.6 Å². The van der Waals surface area contributed by atoms with Gasteiger partial charge in [0.1, 0.15) is 11.6 Å². The number of methoxy groups -OCH3 is 1. The zero-order valence-corrected chi connectivity index (χ0v) is 16.1. The zero-order valence-electron chi connectivity index (χ0n) is 15.4. The minimum absolute atomic E-state index is 0.00428. The van der Waals surface area contributed by atoms with Crippen molar-refractivity contribution in [3.8, 4) is 5.75 Å². The van der Waals surface area contributed by atoms with Crippen LogP contribution >= 0.6 is 11.6 Å². The van der Waals surface area contributed by atoms with Crippen LogP contribution in [0, 0.1) is 5.82 Å². The van der Waals surface area contributed by atoms with Crippen LogP contribution in [0.25, 0.3) is 0 Å². The average molecular weight is 391 g/mol. The Kier molecular flexibility index (Phi) is 6.69. The van der Waals surface area contributed by atoms with Crippen LogP contribution in [0.4, 0.5) is 4.39 Å². The number of likely N-dealkylation sites (tertiary alicyclic amines) is 1. The maximum absolute atomic E-state index is 13.2. The number of benzene rings is 2. The van der Waals surface area contributed by atoms with E-state index in [4.69, 9.17) is 16.3 Å². The molecule has 0 bridgehead atoms. The predicted molar refractivity (Wildman–Crippen MR) is 105 cm³/mol. The lowest BCUT2D eigenvalue weighted by Gasteiger charge is -2.35. The smallest absolute Gasteiger partial charge is 0.252 e. The molecule has 2 aromatic rings. The molecule has 1 amide bonds. The average Bonchev–Trinajstić information content (AvgIpc) is 2.69. The number of ether oxygens (including phenoxy) is 1. The monoisotopic (exact) mass is 390 g/mol. The van der Waals surface area contributed by atoms with Gasteiger partial charge in [0.25, 0.3) is 5.91 Å². The number of halogens is 2. The number of rotatable bonds is 6. The summed E-state index contributed by atoms with van der Waals surface area (Å²) < 4.78 is 18.8. The van der Waals surface area contributed by atoms with Gasteiger partial charge in [-0.1, -0.05) is 36.2 Å². The van der Waals surface area contributed by atoms with Crippen LogP contribution in [-0.2, 0) is 0 Å². The molecule has 1 aliphatic heterocycles. The molecule has 1 unspecified atom stereocenters. The fourth-order valence-corrected chi connectivity index (χ4v) is 3.82. The number of nitrogens with zero attached hydrogens (tertiary/aromatic N) is 1. The fourth-order valence-electron chi connectivity index (χ4n) is 3.57. The van der Waals surface area contributed by atoms with Crippen LogP contribution in [0.3, 0.4) is 0 Å². The normalized spacial score (nSPS) is 16.0. The Morgan fingerprint density at radius 2 is 1.96 bits per heavy atom. The molecule has 0 aromatic heterocycles. The van der Waals surface area contributed by atoms with Gasteiger partial charge in [0.05, 0.1) is 23.7 Å². The number of para-hydroxylation sites is 1.